The van der Waals surface area contributed by atoms with Crippen LogP contribution in [0.1, 0.15) is 51.6 Å². The van der Waals surface area contributed by atoms with Gasteiger partial charge in [-0.3, -0.25) is 0 Å². The summed E-state index contributed by atoms with van der Waals surface area (Å²) in [6.07, 6.45) is 2.60. The maximum atomic E-state index is 9.17. The van der Waals surface area contributed by atoms with Gasteiger partial charge >= 0.3 is 0 Å². The molecule has 0 saturated carbocycles. The van der Waals surface area contributed by atoms with Gasteiger partial charge in [0, 0.05) is 12.5 Å². The first kappa shape index (κ1) is 16.0. The predicted octanol–water partition coefficient (Wildman–Crippen LogP) is 3.29. The van der Waals surface area contributed by atoms with Crippen LogP contribution < -0.4 is 10.1 Å². The first-order chi connectivity index (χ1) is 9.17. The molecule has 108 valence electrons. The molecule has 0 amide bonds. The molecule has 1 rings (SSSR count). The summed E-state index contributed by atoms with van der Waals surface area (Å²) in [5.41, 5.74) is 1.30. The minimum Gasteiger partial charge on any atom is -0.493 e. The van der Waals surface area contributed by atoms with Crippen LogP contribution in [0.15, 0.2) is 24.3 Å². The zero-order chi connectivity index (χ0) is 14.1. The van der Waals surface area contributed by atoms with Gasteiger partial charge in [0.05, 0.1) is 12.7 Å². The molecule has 1 aromatic carbocycles. The van der Waals surface area contributed by atoms with E-state index in [1.165, 1.54) is 5.56 Å². The first-order valence-electron chi connectivity index (χ1n) is 7.31. The Morgan fingerprint density at radius 1 is 1.21 bits per heavy atom. The molecule has 0 bridgehead atoms. The van der Waals surface area contributed by atoms with Crippen molar-refractivity contribution in [1.82, 2.24) is 5.32 Å². The molecule has 1 aromatic rings. The van der Waals surface area contributed by atoms with Gasteiger partial charge in [-0.1, -0.05) is 26.0 Å². The van der Waals surface area contributed by atoms with Gasteiger partial charge in [-0.15, -0.1) is 0 Å². The molecule has 0 saturated heterocycles. The monoisotopic (exact) mass is 265 g/mol. The molecule has 2 N–H and O–H groups in total. The Bertz CT molecular complexity index is 335. The molecule has 2 atom stereocenters. The summed E-state index contributed by atoms with van der Waals surface area (Å²) in [6.45, 7) is 7.75. The van der Waals surface area contributed by atoms with Gasteiger partial charge in [-0.05, 0) is 44.0 Å². The fraction of sp³-hybridized carbons (Fsp3) is 0.625. The highest BCUT2D eigenvalue weighted by Crippen LogP contribution is 2.20. The second-order valence-electron chi connectivity index (χ2n) is 4.97. The van der Waals surface area contributed by atoms with Crippen molar-refractivity contribution in [1.29, 1.82) is 0 Å². The quantitative estimate of drug-likeness (QED) is 0.720. The normalized spacial score (nSPS) is 14.1. The zero-order valence-corrected chi connectivity index (χ0v) is 12.4. The van der Waals surface area contributed by atoms with Gasteiger partial charge in [-0.2, -0.15) is 0 Å². The molecule has 3 heteroatoms. The van der Waals surface area contributed by atoms with Gasteiger partial charge in [0.1, 0.15) is 5.75 Å². The van der Waals surface area contributed by atoms with E-state index in [2.05, 4.69) is 31.3 Å². The molecule has 0 spiro atoms. The van der Waals surface area contributed by atoms with Crippen LogP contribution in [0.3, 0.4) is 0 Å². The number of hydrogen-bond donors (Lipinski definition) is 2. The van der Waals surface area contributed by atoms with E-state index < -0.39 is 0 Å². The maximum Gasteiger partial charge on any atom is 0.119 e. The Hall–Kier alpha value is -1.06. The van der Waals surface area contributed by atoms with Crippen LogP contribution in [-0.2, 0) is 0 Å². The number of ether oxygens (including phenoxy) is 1. The minimum absolute atomic E-state index is 0.304. The lowest BCUT2D eigenvalue weighted by molar-refractivity contribution is 0.155. The van der Waals surface area contributed by atoms with Crippen LogP contribution in [0.2, 0.25) is 0 Å². The molecule has 0 aliphatic rings. The van der Waals surface area contributed by atoms with E-state index in [0.717, 1.165) is 25.1 Å². The van der Waals surface area contributed by atoms with Gasteiger partial charge in [0.25, 0.3) is 0 Å². The standard InChI is InChI=1S/C16H27NO2/c1-4-11-17-16(5-2)14-6-8-15(9-7-14)19-12-10-13(3)18/h6-9,13,16-18H,4-5,10-12H2,1-3H3. The van der Waals surface area contributed by atoms with Crippen molar-refractivity contribution >= 4 is 0 Å². The van der Waals surface area contributed by atoms with Crippen molar-refractivity contribution < 1.29 is 9.84 Å². The lowest BCUT2D eigenvalue weighted by Crippen LogP contribution is -2.21. The fourth-order valence-corrected chi connectivity index (χ4v) is 1.96. The molecular formula is C16H27NO2. The molecule has 2 unspecified atom stereocenters. The van der Waals surface area contributed by atoms with E-state index >= 15 is 0 Å². The number of aliphatic hydroxyl groups is 1. The van der Waals surface area contributed by atoms with E-state index in [4.69, 9.17) is 4.74 Å². The average molecular weight is 265 g/mol. The number of rotatable bonds is 9. The van der Waals surface area contributed by atoms with Gasteiger partial charge < -0.3 is 15.2 Å². The molecule has 0 aliphatic carbocycles. The minimum atomic E-state index is -0.304. The highest BCUT2D eigenvalue weighted by Gasteiger charge is 2.07. The summed E-state index contributed by atoms with van der Waals surface area (Å²) in [6, 6.07) is 8.68. The Balaban J connectivity index is 2.49. The molecule has 0 aromatic heterocycles. The number of nitrogens with one attached hydrogen (secondary N) is 1. The van der Waals surface area contributed by atoms with Crippen LogP contribution in [0.5, 0.6) is 5.75 Å². The van der Waals surface area contributed by atoms with E-state index in [9.17, 15) is 5.11 Å². The summed E-state index contributed by atoms with van der Waals surface area (Å²) in [4.78, 5) is 0. The summed E-state index contributed by atoms with van der Waals surface area (Å²) in [5.74, 6) is 0.870. The van der Waals surface area contributed by atoms with Crippen molar-refractivity contribution in [2.75, 3.05) is 13.2 Å². The van der Waals surface area contributed by atoms with E-state index in [0.29, 0.717) is 19.1 Å². The van der Waals surface area contributed by atoms with Crippen LogP contribution in [-0.4, -0.2) is 24.4 Å². The molecule has 3 nitrogen and oxygen atoms in total. The third kappa shape index (κ3) is 6.08. The summed E-state index contributed by atoms with van der Waals surface area (Å²) in [7, 11) is 0. The van der Waals surface area contributed by atoms with Crippen LogP contribution >= 0.6 is 0 Å². The maximum absolute atomic E-state index is 9.17. The molecule has 0 radical (unpaired) electrons. The van der Waals surface area contributed by atoms with Crippen molar-refractivity contribution in [3.63, 3.8) is 0 Å². The van der Waals surface area contributed by atoms with Crippen molar-refractivity contribution in [3.05, 3.63) is 29.8 Å². The number of aliphatic hydroxyl groups excluding tert-OH is 1. The lowest BCUT2D eigenvalue weighted by atomic mass is 10.0. The van der Waals surface area contributed by atoms with Crippen LogP contribution in [0.25, 0.3) is 0 Å². The lowest BCUT2D eigenvalue weighted by Gasteiger charge is -2.17. The van der Waals surface area contributed by atoms with Gasteiger partial charge in [0.15, 0.2) is 0 Å². The summed E-state index contributed by atoms with van der Waals surface area (Å²) in [5, 5.41) is 12.7. The number of hydrogen-bond acceptors (Lipinski definition) is 3. The Morgan fingerprint density at radius 2 is 1.89 bits per heavy atom. The Labute approximate surface area is 117 Å². The van der Waals surface area contributed by atoms with E-state index in [-0.39, 0.29) is 6.10 Å². The third-order valence-corrected chi connectivity index (χ3v) is 3.14. The largest absolute Gasteiger partial charge is 0.493 e. The first-order valence-corrected chi connectivity index (χ1v) is 7.31. The molecular weight excluding hydrogens is 238 g/mol. The fourth-order valence-electron chi connectivity index (χ4n) is 1.96. The highest BCUT2D eigenvalue weighted by atomic mass is 16.5. The second kappa shape index (κ2) is 8.94. The van der Waals surface area contributed by atoms with E-state index in [1.807, 2.05) is 12.1 Å². The Kier molecular flexibility index (Phi) is 7.53. The third-order valence-electron chi connectivity index (χ3n) is 3.14. The average Bonchev–Trinajstić information content (AvgIpc) is 2.41. The highest BCUT2D eigenvalue weighted by molar-refractivity contribution is 5.29. The second-order valence-corrected chi connectivity index (χ2v) is 4.97. The van der Waals surface area contributed by atoms with Crippen LogP contribution in [0, 0.1) is 0 Å². The van der Waals surface area contributed by atoms with E-state index in [1.54, 1.807) is 6.92 Å². The van der Waals surface area contributed by atoms with Crippen molar-refractivity contribution in [2.24, 2.45) is 0 Å². The van der Waals surface area contributed by atoms with Gasteiger partial charge in [-0.25, -0.2) is 0 Å². The molecule has 0 fully saturated rings. The SMILES string of the molecule is CCCNC(CC)c1ccc(OCCC(C)O)cc1. The molecule has 19 heavy (non-hydrogen) atoms. The van der Waals surface area contributed by atoms with Crippen molar-refractivity contribution in [3.8, 4) is 5.75 Å². The smallest absolute Gasteiger partial charge is 0.119 e. The Morgan fingerprint density at radius 3 is 2.42 bits per heavy atom. The van der Waals surface area contributed by atoms with Gasteiger partial charge in [0.2, 0.25) is 0 Å². The predicted molar refractivity (Wildman–Crippen MR) is 79.6 cm³/mol. The summed E-state index contributed by atoms with van der Waals surface area (Å²) < 4.78 is 5.59. The topological polar surface area (TPSA) is 41.5 Å². The number of benzene rings is 1. The zero-order valence-electron chi connectivity index (χ0n) is 12.4. The molecule has 0 aliphatic heterocycles. The van der Waals surface area contributed by atoms with Crippen LogP contribution in [0.4, 0.5) is 0 Å². The molecule has 0 heterocycles. The summed E-state index contributed by atoms with van der Waals surface area (Å²) >= 11 is 0. The van der Waals surface area contributed by atoms with Crippen molar-refractivity contribution in [2.45, 2.75) is 52.2 Å².